The molecule has 0 aliphatic carbocycles. The summed E-state index contributed by atoms with van der Waals surface area (Å²) in [4.78, 5) is 35.4. The van der Waals surface area contributed by atoms with Crippen molar-refractivity contribution in [1.82, 2.24) is 14.9 Å². The molecule has 9 heteroatoms. The highest BCUT2D eigenvalue weighted by molar-refractivity contribution is 6.34. The van der Waals surface area contributed by atoms with Gasteiger partial charge in [-0.25, -0.2) is 9.97 Å². The maximum atomic E-state index is 12.7. The van der Waals surface area contributed by atoms with E-state index in [1.807, 2.05) is 25.7 Å². The van der Waals surface area contributed by atoms with Crippen LogP contribution in [-0.2, 0) is 0 Å². The number of hydrogen-bond donors (Lipinski definition) is 3. The molecule has 0 saturated carbocycles. The third-order valence-electron chi connectivity index (χ3n) is 4.84. The highest BCUT2D eigenvalue weighted by Crippen LogP contribution is 2.22. The SMILES string of the molecule is CCCN(C(=O)c1ccc(Nc2ncc(NC(=O)c3cc(O)ccc3Cl)cn2)cc1)C(C)C. The number of phenolic OH excluding ortho intramolecular Hbond substituents is 1. The van der Waals surface area contributed by atoms with E-state index in [9.17, 15) is 14.7 Å². The number of carbonyl (C=O) groups excluding carboxylic acids is 2. The van der Waals surface area contributed by atoms with E-state index in [0.717, 1.165) is 12.1 Å². The number of hydrogen-bond acceptors (Lipinski definition) is 6. The third kappa shape index (κ3) is 6.20. The number of nitrogens with zero attached hydrogens (tertiary/aromatic N) is 3. The molecular formula is C24H26ClN5O3. The maximum Gasteiger partial charge on any atom is 0.257 e. The Morgan fingerprint density at radius 3 is 2.33 bits per heavy atom. The third-order valence-corrected chi connectivity index (χ3v) is 5.17. The van der Waals surface area contributed by atoms with Gasteiger partial charge >= 0.3 is 0 Å². The molecule has 0 aliphatic rings. The Balaban J connectivity index is 1.63. The summed E-state index contributed by atoms with van der Waals surface area (Å²) >= 11 is 6.01. The Bertz CT molecular complexity index is 1120. The molecule has 0 radical (unpaired) electrons. The number of aromatic hydroxyl groups is 1. The van der Waals surface area contributed by atoms with E-state index in [-0.39, 0.29) is 28.3 Å². The van der Waals surface area contributed by atoms with Gasteiger partial charge in [0.15, 0.2) is 0 Å². The highest BCUT2D eigenvalue weighted by Gasteiger charge is 2.18. The van der Waals surface area contributed by atoms with Gasteiger partial charge in [-0.2, -0.15) is 0 Å². The van der Waals surface area contributed by atoms with Gasteiger partial charge in [-0.1, -0.05) is 18.5 Å². The lowest BCUT2D eigenvalue weighted by Gasteiger charge is -2.26. The van der Waals surface area contributed by atoms with Gasteiger partial charge in [0.2, 0.25) is 5.95 Å². The van der Waals surface area contributed by atoms with Gasteiger partial charge in [0.05, 0.1) is 28.7 Å². The molecule has 172 valence electrons. The van der Waals surface area contributed by atoms with Crippen molar-refractivity contribution < 1.29 is 14.7 Å². The molecule has 1 heterocycles. The van der Waals surface area contributed by atoms with Crippen LogP contribution in [0.2, 0.25) is 5.02 Å². The van der Waals surface area contributed by atoms with Gasteiger partial charge in [0, 0.05) is 23.8 Å². The first-order valence-electron chi connectivity index (χ1n) is 10.6. The molecule has 0 unspecified atom stereocenters. The van der Waals surface area contributed by atoms with Crippen molar-refractivity contribution in [3.63, 3.8) is 0 Å². The second kappa shape index (κ2) is 10.8. The molecule has 3 aromatic rings. The van der Waals surface area contributed by atoms with Crippen LogP contribution in [0.25, 0.3) is 0 Å². The van der Waals surface area contributed by atoms with E-state index >= 15 is 0 Å². The van der Waals surface area contributed by atoms with Gasteiger partial charge < -0.3 is 20.6 Å². The van der Waals surface area contributed by atoms with Crippen LogP contribution < -0.4 is 10.6 Å². The van der Waals surface area contributed by atoms with Gasteiger partial charge in [0.1, 0.15) is 5.75 Å². The Hall–Kier alpha value is -3.65. The van der Waals surface area contributed by atoms with Gasteiger partial charge in [-0.05, 0) is 62.7 Å². The van der Waals surface area contributed by atoms with Crippen molar-refractivity contribution in [2.75, 3.05) is 17.2 Å². The minimum absolute atomic E-state index is 0.00147. The number of carbonyl (C=O) groups is 2. The van der Waals surface area contributed by atoms with E-state index in [1.165, 1.54) is 30.6 Å². The number of rotatable bonds is 8. The van der Waals surface area contributed by atoms with E-state index in [4.69, 9.17) is 11.6 Å². The molecule has 0 saturated heterocycles. The highest BCUT2D eigenvalue weighted by atomic mass is 35.5. The van der Waals surface area contributed by atoms with Crippen LogP contribution in [0.5, 0.6) is 5.75 Å². The molecule has 8 nitrogen and oxygen atoms in total. The Morgan fingerprint density at radius 1 is 1.06 bits per heavy atom. The number of phenols is 1. The minimum Gasteiger partial charge on any atom is -0.508 e. The van der Waals surface area contributed by atoms with Crippen LogP contribution in [0.15, 0.2) is 54.9 Å². The molecule has 3 rings (SSSR count). The molecule has 0 bridgehead atoms. The normalized spacial score (nSPS) is 10.7. The molecule has 1 aromatic heterocycles. The van der Waals surface area contributed by atoms with Crippen molar-refractivity contribution in [3.8, 4) is 5.75 Å². The molecule has 2 amide bonds. The Kier molecular flexibility index (Phi) is 7.84. The van der Waals surface area contributed by atoms with Crippen LogP contribution in [-0.4, -0.2) is 44.4 Å². The number of benzene rings is 2. The number of amides is 2. The first-order valence-corrected chi connectivity index (χ1v) is 11.0. The topological polar surface area (TPSA) is 107 Å². The van der Waals surface area contributed by atoms with E-state index in [2.05, 4.69) is 20.6 Å². The molecule has 2 aromatic carbocycles. The fourth-order valence-corrected chi connectivity index (χ4v) is 3.37. The van der Waals surface area contributed by atoms with Crippen molar-refractivity contribution in [1.29, 1.82) is 0 Å². The smallest absolute Gasteiger partial charge is 0.257 e. The zero-order valence-corrected chi connectivity index (χ0v) is 19.4. The van der Waals surface area contributed by atoms with Crippen molar-refractivity contribution >= 4 is 40.7 Å². The van der Waals surface area contributed by atoms with Crippen LogP contribution >= 0.6 is 11.6 Å². The minimum atomic E-state index is -0.487. The fraction of sp³-hybridized carbons (Fsp3) is 0.250. The van der Waals surface area contributed by atoms with E-state index < -0.39 is 5.91 Å². The van der Waals surface area contributed by atoms with Crippen LogP contribution in [0.3, 0.4) is 0 Å². The predicted molar refractivity (Wildman–Crippen MR) is 129 cm³/mol. The molecule has 3 N–H and O–H groups in total. The lowest BCUT2D eigenvalue weighted by Crippen LogP contribution is -2.37. The summed E-state index contributed by atoms with van der Waals surface area (Å²) in [6.45, 7) is 6.77. The second-order valence-electron chi connectivity index (χ2n) is 7.71. The quantitative estimate of drug-likeness (QED) is 0.425. The van der Waals surface area contributed by atoms with Crippen LogP contribution in [0.1, 0.15) is 47.9 Å². The standard InChI is InChI=1S/C24H26ClN5O3/c1-4-11-30(15(2)3)23(33)16-5-7-17(8-6-16)29-24-26-13-18(14-27-24)28-22(32)20-12-19(31)9-10-21(20)25/h5-10,12-15,31H,4,11H2,1-3H3,(H,28,32)(H,26,27,29). The summed E-state index contributed by atoms with van der Waals surface area (Å²) in [6.07, 6.45) is 3.80. The summed E-state index contributed by atoms with van der Waals surface area (Å²) in [5.74, 6) is -0.215. The number of anilines is 3. The van der Waals surface area contributed by atoms with Gasteiger partial charge in [-0.15, -0.1) is 0 Å². The summed E-state index contributed by atoms with van der Waals surface area (Å²) in [7, 11) is 0. The zero-order valence-electron chi connectivity index (χ0n) is 18.7. The van der Waals surface area contributed by atoms with Crippen LogP contribution in [0.4, 0.5) is 17.3 Å². The molecule has 0 spiro atoms. The predicted octanol–water partition coefficient (Wildman–Crippen LogP) is 5.09. The summed E-state index contributed by atoms with van der Waals surface area (Å²) in [6, 6.07) is 11.4. The second-order valence-corrected chi connectivity index (χ2v) is 8.12. The average molecular weight is 468 g/mol. The fourth-order valence-electron chi connectivity index (χ4n) is 3.17. The lowest BCUT2D eigenvalue weighted by atomic mass is 10.1. The Labute approximate surface area is 197 Å². The molecule has 0 aliphatic heterocycles. The first kappa shape index (κ1) is 24.0. The van der Waals surface area contributed by atoms with Gasteiger partial charge in [-0.3, -0.25) is 9.59 Å². The van der Waals surface area contributed by atoms with E-state index in [1.54, 1.807) is 24.3 Å². The van der Waals surface area contributed by atoms with E-state index in [0.29, 0.717) is 23.7 Å². The van der Waals surface area contributed by atoms with Crippen molar-refractivity contribution in [2.24, 2.45) is 0 Å². The van der Waals surface area contributed by atoms with Crippen LogP contribution in [0, 0.1) is 0 Å². The lowest BCUT2D eigenvalue weighted by molar-refractivity contribution is 0.0706. The maximum absolute atomic E-state index is 12.7. The van der Waals surface area contributed by atoms with Gasteiger partial charge in [0.25, 0.3) is 11.8 Å². The summed E-state index contributed by atoms with van der Waals surface area (Å²) in [5.41, 5.74) is 1.85. The summed E-state index contributed by atoms with van der Waals surface area (Å²) < 4.78 is 0. The monoisotopic (exact) mass is 467 g/mol. The zero-order chi connectivity index (χ0) is 24.0. The molecule has 0 atom stereocenters. The molecular weight excluding hydrogens is 442 g/mol. The molecule has 33 heavy (non-hydrogen) atoms. The first-order chi connectivity index (χ1) is 15.8. The van der Waals surface area contributed by atoms with Crippen molar-refractivity contribution in [2.45, 2.75) is 33.2 Å². The number of aromatic nitrogens is 2. The largest absolute Gasteiger partial charge is 0.508 e. The summed E-state index contributed by atoms with van der Waals surface area (Å²) in [5, 5.41) is 15.5. The van der Waals surface area contributed by atoms with Crippen molar-refractivity contribution in [3.05, 3.63) is 71.0 Å². The average Bonchev–Trinajstić information content (AvgIpc) is 2.80. The Morgan fingerprint density at radius 2 is 1.73 bits per heavy atom. The number of nitrogens with one attached hydrogen (secondary N) is 2. The molecule has 0 fully saturated rings. The number of halogens is 1.